The molecule has 0 radical (unpaired) electrons. The van der Waals surface area contributed by atoms with Crippen molar-refractivity contribution in [1.29, 1.82) is 5.26 Å². The van der Waals surface area contributed by atoms with Gasteiger partial charge in [0.25, 0.3) is 5.91 Å². The molecule has 2 aromatic carbocycles. The smallest absolute Gasteiger partial charge is 0.303 e. The van der Waals surface area contributed by atoms with Gasteiger partial charge in [-0.05, 0) is 59.0 Å². The van der Waals surface area contributed by atoms with E-state index in [4.69, 9.17) is 14.7 Å². The van der Waals surface area contributed by atoms with Crippen LogP contribution in [0.5, 0.6) is 11.5 Å². The summed E-state index contributed by atoms with van der Waals surface area (Å²) in [7, 11) is 0. The highest BCUT2D eigenvalue weighted by molar-refractivity contribution is 7.07. The highest BCUT2D eigenvalue weighted by atomic mass is 32.1. The van der Waals surface area contributed by atoms with Crippen LogP contribution in [0.4, 0.5) is 0 Å². The number of aryl methyl sites for hydroxylation is 1. The fourth-order valence-electron chi connectivity index (χ4n) is 3.38. The van der Waals surface area contributed by atoms with E-state index in [0.717, 1.165) is 16.7 Å². The predicted octanol–water partition coefficient (Wildman–Crippen LogP) is 5.26. The Morgan fingerprint density at radius 2 is 2.03 bits per heavy atom. The fourth-order valence-corrected chi connectivity index (χ4v) is 4.03. The van der Waals surface area contributed by atoms with Gasteiger partial charge in [0.15, 0.2) is 0 Å². The zero-order valence-corrected chi connectivity index (χ0v) is 19.6. The quantitative estimate of drug-likeness (QED) is 0.344. The Labute approximate surface area is 202 Å². The second-order valence-corrected chi connectivity index (χ2v) is 8.42. The third-order valence-corrected chi connectivity index (χ3v) is 5.86. The molecule has 0 aliphatic carbocycles. The molecule has 34 heavy (non-hydrogen) atoms. The van der Waals surface area contributed by atoms with Gasteiger partial charge in [0.2, 0.25) is 0 Å². The van der Waals surface area contributed by atoms with E-state index < -0.39 is 12.1 Å². The van der Waals surface area contributed by atoms with E-state index >= 15 is 0 Å². The molecule has 0 unspecified atom stereocenters. The molecule has 1 aromatic heterocycles. The van der Waals surface area contributed by atoms with Gasteiger partial charge in [-0.15, -0.1) is 0 Å². The standard InChI is InChI=1S/C26H26N2O5S/c1-18-5-2-3-6-21(18)23(9-10-25(29)30)33-24-15-20(32-16-19-11-14-34-17-19)7-8-22(24)26(31)28-13-4-12-27/h2-3,5-8,11,14-15,17,23H,4,9-10,13,16H2,1H3,(H,28,31)(H,29,30)/t23-/m0/s1. The van der Waals surface area contributed by atoms with E-state index in [1.165, 1.54) is 0 Å². The average Bonchev–Trinajstić information content (AvgIpc) is 3.35. The Bertz CT molecular complexity index is 1150. The monoisotopic (exact) mass is 478 g/mol. The molecule has 0 bridgehead atoms. The summed E-state index contributed by atoms with van der Waals surface area (Å²) in [6.07, 6.45) is -0.240. The van der Waals surface area contributed by atoms with E-state index in [2.05, 4.69) is 5.32 Å². The predicted molar refractivity (Wildman–Crippen MR) is 129 cm³/mol. The van der Waals surface area contributed by atoms with Gasteiger partial charge in [-0.2, -0.15) is 16.6 Å². The Morgan fingerprint density at radius 3 is 2.74 bits per heavy atom. The van der Waals surface area contributed by atoms with Gasteiger partial charge in [0.05, 0.1) is 18.1 Å². The number of nitrogens with zero attached hydrogens (tertiary/aromatic N) is 1. The van der Waals surface area contributed by atoms with Crippen LogP contribution in [-0.2, 0) is 11.4 Å². The molecule has 2 N–H and O–H groups in total. The van der Waals surface area contributed by atoms with Crippen molar-refractivity contribution in [3.8, 4) is 17.6 Å². The van der Waals surface area contributed by atoms with Crippen LogP contribution >= 0.6 is 11.3 Å². The van der Waals surface area contributed by atoms with Crippen LogP contribution in [0.25, 0.3) is 0 Å². The summed E-state index contributed by atoms with van der Waals surface area (Å²) in [4.78, 5) is 24.1. The number of nitriles is 1. The van der Waals surface area contributed by atoms with Crippen LogP contribution in [0, 0.1) is 18.3 Å². The number of carboxylic acids is 1. The van der Waals surface area contributed by atoms with Crippen molar-refractivity contribution in [2.75, 3.05) is 6.54 Å². The minimum atomic E-state index is -0.926. The highest BCUT2D eigenvalue weighted by Crippen LogP contribution is 2.33. The molecule has 8 heteroatoms. The largest absolute Gasteiger partial charge is 0.489 e. The Kier molecular flexibility index (Phi) is 9.06. The number of benzene rings is 2. The van der Waals surface area contributed by atoms with Crippen LogP contribution in [-0.4, -0.2) is 23.5 Å². The SMILES string of the molecule is Cc1ccccc1[C@H](CCC(=O)O)Oc1cc(OCc2ccsc2)ccc1C(=O)NCCC#N. The van der Waals surface area contributed by atoms with Crippen molar-refractivity contribution in [2.45, 2.75) is 38.9 Å². The van der Waals surface area contributed by atoms with Crippen molar-refractivity contribution in [3.63, 3.8) is 0 Å². The number of carbonyl (C=O) groups is 2. The molecule has 0 saturated heterocycles. The number of nitrogens with one attached hydrogen (secondary N) is 1. The number of ether oxygens (including phenoxy) is 2. The van der Waals surface area contributed by atoms with Gasteiger partial charge in [0.1, 0.15) is 24.2 Å². The molecule has 1 amide bonds. The second kappa shape index (κ2) is 12.4. The van der Waals surface area contributed by atoms with Gasteiger partial charge in [-0.25, -0.2) is 0 Å². The lowest BCUT2D eigenvalue weighted by Crippen LogP contribution is -2.25. The first kappa shape index (κ1) is 24.8. The summed E-state index contributed by atoms with van der Waals surface area (Å²) in [5.41, 5.74) is 3.13. The molecule has 7 nitrogen and oxygen atoms in total. The molecule has 0 saturated carbocycles. The first-order valence-electron chi connectivity index (χ1n) is 10.8. The number of carboxylic acid groups (broad SMARTS) is 1. The Balaban J connectivity index is 1.91. The minimum Gasteiger partial charge on any atom is -0.489 e. The normalized spacial score (nSPS) is 11.3. The number of hydrogen-bond donors (Lipinski definition) is 2. The molecule has 0 aliphatic heterocycles. The summed E-state index contributed by atoms with van der Waals surface area (Å²) in [5.74, 6) is -0.492. The Morgan fingerprint density at radius 1 is 1.21 bits per heavy atom. The molecule has 1 atom stereocenters. The van der Waals surface area contributed by atoms with Crippen molar-refractivity contribution < 1.29 is 24.2 Å². The number of aliphatic carboxylic acids is 1. The third kappa shape index (κ3) is 7.09. The number of hydrogen-bond acceptors (Lipinski definition) is 6. The van der Waals surface area contributed by atoms with E-state index in [9.17, 15) is 14.7 Å². The van der Waals surface area contributed by atoms with Crippen LogP contribution in [0.1, 0.15) is 52.4 Å². The maximum atomic E-state index is 12.8. The lowest BCUT2D eigenvalue weighted by molar-refractivity contribution is -0.137. The summed E-state index contributed by atoms with van der Waals surface area (Å²) in [6.45, 7) is 2.52. The lowest BCUT2D eigenvalue weighted by atomic mass is 9.99. The minimum absolute atomic E-state index is 0.0863. The van der Waals surface area contributed by atoms with Crippen LogP contribution in [0.15, 0.2) is 59.3 Å². The first-order valence-corrected chi connectivity index (χ1v) is 11.8. The second-order valence-electron chi connectivity index (χ2n) is 7.64. The van der Waals surface area contributed by atoms with E-state index in [-0.39, 0.29) is 43.0 Å². The zero-order chi connectivity index (χ0) is 24.3. The molecule has 1 heterocycles. The van der Waals surface area contributed by atoms with Gasteiger partial charge in [-0.1, -0.05) is 24.3 Å². The van der Waals surface area contributed by atoms with Gasteiger partial charge in [0, 0.05) is 19.0 Å². The van der Waals surface area contributed by atoms with Gasteiger partial charge < -0.3 is 19.9 Å². The zero-order valence-electron chi connectivity index (χ0n) is 18.8. The molecule has 3 rings (SSSR count). The molecule has 0 aliphatic rings. The fraction of sp³-hybridized carbons (Fsp3) is 0.269. The first-order chi connectivity index (χ1) is 16.5. The molecule has 0 spiro atoms. The maximum absolute atomic E-state index is 12.8. The average molecular weight is 479 g/mol. The van der Waals surface area contributed by atoms with Crippen LogP contribution in [0.3, 0.4) is 0 Å². The van der Waals surface area contributed by atoms with Crippen molar-refractivity contribution in [2.24, 2.45) is 0 Å². The van der Waals surface area contributed by atoms with Gasteiger partial charge in [-0.3, -0.25) is 9.59 Å². The van der Waals surface area contributed by atoms with Crippen molar-refractivity contribution in [1.82, 2.24) is 5.32 Å². The molecular formula is C26H26N2O5S. The Hall–Kier alpha value is -3.83. The van der Waals surface area contributed by atoms with Crippen LogP contribution in [0.2, 0.25) is 0 Å². The summed E-state index contributed by atoms with van der Waals surface area (Å²) >= 11 is 1.58. The van der Waals surface area contributed by atoms with Crippen LogP contribution < -0.4 is 14.8 Å². The van der Waals surface area contributed by atoms with Crippen molar-refractivity contribution in [3.05, 3.63) is 81.5 Å². The molecular weight excluding hydrogens is 452 g/mol. The van der Waals surface area contributed by atoms with Crippen molar-refractivity contribution >= 4 is 23.2 Å². The summed E-state index contributed by atoms with van der Waals surface area (Å²) in [5, 5.41) is 24.7. The number of carbonyl (C=O) groups excluding carboxylic acids is 1. The topological polar surface area (TPSA) is 109 Å². The lowest BCUT2D eigenvalue weighted by Gasteiger charge is -2.23. The molecule has 3 aromatic rings. The number of rotatable bonds is 12. The summed E-state index contributed by atoms with van der Waals surface area (Å²) < 4.78 is 12.2. The summed E-state index contributed by atoms with van der Waals surface area (Å²) in [6, 6.07) is 16.5. The third-order valence-electron chi connectivity index (χ3n) is 5.13. The van der Waals surface area contributed by atoms with E-state index in [1.807, 2.05) is 54.1 Å². The van der Waals surface area contributed by atoms with E-state index in [1.54, 1.807) is 29.5 Å². The number of thiophene rings is 1. The number of amides is 1. The van der Waals surface area contributed by atoms with E-state index in [0.29, 0.717) is 12.4 Å². The molecule has 176 valence electrons. The maximum Gasteiger partial charge on any atom is 0.303 e. The van der Waals surface area contributed by atoms with Gasteiger partial charge >= 0.3 is 5.97 Å². The molecule has 0 fully saturated rings. The highest BCUT2D eigenvalue weighted by Gasteiger charge is 2.21.